The van der Waals surface area contributed by atoms with E-state index in [0.717, 1.165) is 43.8 Å². The molecule has 1 fully saturated rings. The van der Waals surface area contributed by atoms with Crippen LogP contribution in [0.3, 0.4) is 0 Å². The van der Waals surface area contributed by atoms with Gasteiger partial charge in [-0.3, -0.25) is 9.69 Å². The average Bonchev–Trinajstić information content (AvgIpc) is 2.69. The highest BCUT2D eigenvalue weighted by atomic mass is 35.5. The van der Waals surface area contributed by atoms with Crippen LogP contribution in [0.5, 0.6) is 0 Å². The third kappa shape index (κ3) is 6.41. The minimum Gasteiger partial charge on any atom is -0.355 e. The van der Waals surface area contributed by atoms with Gasteiger partial charge in [-0.15, -0.1) is 11.8 Å². The van der Waals surface area contributed by atoms with Gasteiger partial charge >= 0.3 is 0 Å². The Labute approximate surface area is 181 Å². The smallest absolute Gasteiger partial charge is 0.224 e. The standard InChI is InChI=1S/C22H26Cl2N2OS/c1-16-4-8-20(9-5-16)28-12-10-25-22(27)18-3-2-11-26(15-18)14-17-6-7-19(23)13-21(17)24/h4-9,13,18H,2-3,10-12,14-15H2,1H3,(H,25,27). The van der Waals surface area contributed by atoms with Gasteiger partial charge in [-0.25, -0.2) is 0 Å². The second-order valence-electron chi connectivity index (χ2n) is 7.26. The summed E-state index contributed by atoms with van der Waals surface area (Å²) in [6.07, 6.45) is 1.98. The molecule has 1 saturated heterocycles. The molecule has 1 aliphatic rings. The monoisotopic (exact) mass is 436 g/mol. The van der Waals surface area contributed by atoms with Crippen LogP contribution in [0.2, 0.25) is 10.0 Å². The number of aryl methyl sites for hydroxylation is 1. The maximum Gasteiger partial charge on any atom is 0.224 e. The number of carbonyl (C=O) groups excluding carboxylic acids is 1. The van der Waals surface area contributed by atoms with Gasteiger partial charge < -0.3 is 5.32 Å². The first kappa shape index (κ1) is 21.5. The van der Waals surface area contributed by atoms with E-state index in [-0.39, 0.29) is 11.8 Å². The molecule has 3 nitrogen and oxygen atoms in total. The molecule has 0 saturated carbocycles. The predicted molar refractivity (Wildman–Crippen MR) is 119 cm³/mol. The number of likely N-dealkylation sites (tertiary alicyclic amines) is 1. The van der Waals surface area contributed by atoms with E-state index >= 15 is 0 Å². The molecule has 2 aromatic carbocycles. The highest BCUT2D eigenvalue weighted by Crippen LogP contribution is 2.25. The molecule has 28 heavy (non-hydrogen) atoms. The lowest BCUT2D eigenvalue weighted by Gasteiger charge is -2.32. The molecule has 0 bridgehead atoms. The van der Waals surface area contributed by atoms with Gasteiger partial charge in [0.1, 0.15) is 0 Å². The second kappa shape index (κ2) is 10.5. The lowest BCUT2D eigenvalue weighted by atomic mass is 9.96. The Morgan fingerprint density at radius 2 is 2.00 bits per heavy atom. The summed E-state index contributed by atoms with van der Waals surface area (Å²) < 4.78 is 0. The van der Waals surface area contributed by atoms with Crippen LogP contribution < -0.4 is 5.32 Å². The Morgan fingerprint density at radius 1 is 1.21 bits per heavy atom. The van der Waals surface area contributed by atoms with Crippen LogP contribution >= 0.6 is 35.0 Å². The Kier molecular flexibility index (Phi) is 8.10. The number of thioether (sulfide) groups is 1. The van der Waals surface area contributed by atoms with Crippen molar-refractivity contribution < 1.29 is 4.79 Å². The number of hydrogen-bond acceptors (Lipinski definition) is 3. The maximum absolute atomic E-state index is 12.6. The summed E-state index contributed by atoms with van der Waals surface area (Å²) in [6, 6.07) is 14.1. The highest BCUT2D eigenvalue weighted by molar-refractivity contribution is 7.99. The number of carbonyl (C=O) groups is 1. The summed E-state index contributed by atoms with van der Waals surface area (Å²) in [5, 5.41) is 4.44. The van der Waals surface area contributed by atoms with Crippen LogP contribution in [0.1, 0.15) is 24.0 Å². The van der Waals surface area contributed by atoms with Gasteiger partial charge in [-0.05, 0) is 56.1 Å². The third-order valence-corrected chi connectivity index (χ3v) is 6.58. The van der Waals surface area contributed by atoms with Crippen LogP contribution in [0.15, 0.2) is 47.4 Å². The SMILES string of the molecule is Cc1ccc(SCCNC(=O)C2CCCN(Cc3ccc(Cl)cc3Cl)C2)cc1. The van der Waals surface area contributed by atoms with Gasteiger partial charge in [-0.1, -0.05) is 47.0 Å². The van der Waals surface area contributed by atoms with Crippen molar-refractivity contribution in [3.05, 3.63) is 63.6 Å². The van der Waals surface area contributed by atoms with E-state index in [2.05, 4.69) is 41.4 Å². The molecule has 1 aliphatic heterocycles. The molecule has 1 heterocycles. The number of hydrogen-bond donors (Lipinski definition) is 1. The van der Waals surface area contributed by atoms with Crippen LogP contribution in [-0.4, -0.2) is 36.2 Å². The van der Waals surface area contributed by atoms with Gasteiger partial charge in [0.15, 0.2) is 0 Å². The van der Waals surface area contributed by atoms with E-state index in [0.29, 0.717) is 16.6 Å². The molecule has 0 spiro atoms. The largest absolute Gasteiger partial charge is 0.355 e. The van der Waals surface area contributed by atoms with Crippen molar-refractivity contribution >= 4 is 40.9 Å². The number of piperidine rings is 1. The predicted octanol–water partition coefficient (Wildman–Crippen LogP) is 5.42. The molecule has 0 radical (unpaired) electrons. The molecular weight excluding hydrogens is 411 g/mol. The molecule has 0 aromatic heterocycles. The van der Waals surface area contributed by atoms with Gasteiger partial charge in [0, 0.05) is 40.3 Å². The molecule has 6 heteroatoms. The average molecular weight is 437 g/mol. The molecular formula is C22H26Cl2N2OS. The quantitative estimate of drug-likeness (QED) is 0.464. The van der Waals surface area contributed by atoms with Crippen LogP contribution in [0.4, 0.5) is 0 Å². The molecule has 0 aliphatic carbocycles. The van der Waals surface area contributed by atoms with Gasteiger partial charge in [0.05, 0.1) is 5.92 Å². The minimum atomic E-state index is 0.0456. The molecule has 1 atom stereocenters. The zero-order valence-corrected chi connectivity index (χ0v) is 18.4. The number of nitrogens with one attached hydrogen (secondary N) is 1. The zero-order valence-electron chi connectivity index (χ0n) is 16.1. The topological polar surface area (TPSA) is 32.3 Å². The normalized spacial score (nSPS) is 17.5. The van der Waals surface area contributed by atoms with Crippen molar-refractivity contribution in [2.45, 2.75) is 31.2 Å². The summed E-state index contributed by atoms with van der Waals surface area (Å²) in [5.41, 5.74) is 2.32. The molecule has 150 valence electrons. The first-order valence-electron chi connectivity index (χ1n) is 9.65. The van der Waals surface area contributed by atoms with Gasteiger partial charge in [0.2, 0.25) is 5.91 Å². The third-order valence-electron chi connectivity index (χ3n) is 4.98. The first-order valence-corrected chi connectivity index (χ1v) is 11.4. The maximum atomic E-state index is 12.6. The molecule has 3 rings (SSSR count). The Morgan fingerprint density at radius 3 is 2.75 bits per heavy atom. The van der Waals surface area contributed by atoms with Crippen molar-refractivity contribution in [1.29, 1.82) is 0 Å². The molecule has 1 unspecified atom stereocenters. The summed E-state index contributed by atoms with van der Waals surface area (Å²) in [7, 11) is 0. The van der Waals surface area contributed by atoms with E-state index in [9.17, 15) is 4.79 Å². The summed E-state index contributed by atoms with van der Waals surface area (Å²) >= 11 is 14.0. The fraction of sp³-hybridized carbons (Fsp3) is 0.409. The summed E-state index contributed by atoms with van der Waals surface area (Å²) in [4.78, 5) is 16.1. The first-order chi connectivity index (χ1) is 13.5. The lowest BCUT2D eigenvalue weighted by molar-refractivity contribution is -0.126. The Hall–Kier alpha value is -1.20. The minimum absolute atomic E-state index is 0.0456. The van der Waals surface area contributed by atoms with E-state index in [1.165, 1.54) is 10.5 Å². The van der Waals surface area contributed by atoms with Gasteiger partial charge in [0.25, 0.3) is 0 Å². The van der Waals surface area contributed by atoms with Crippen molar-refractivity contribution in [2.75, 3.05) is 25.4 Å². The van der Waals surface area contributed by atoms with E-state index < -0.39 is 0 Å². The van der Waals surface area contributed by atoms with Crippen molar-refractivity contribution in [3.63, 3.8) is 0 Å². The number of halogens is 2. The number of amides is 1. The second-order valence-corrected chi connectivity index (χ2v) is 9.27. The van der Waals surface area contributed by atoms with Crippen molar-refractivity contribution in [1.82, 2.24) is 10.2 Å². The van der Waals surface area contributed by atoms with Crippen LogP contribution in [0.25, 0.3) is 0 Å². The summed E-state index contributed by atoms with van der Waals surface area (Å²) in [6.45, 7) is 5.30. The highest BCUT2D eigenvalue weighted by Gasteiger charge is 2.25. The van der Waals surface area contributed by atoms with Crippen LogP contribution in [0, 0.1) is 12.8 Å². The van der Waals surface area contributed by atoms with Crippen LogP contribution in [-0.2, 0) is 11.3 Å². The van der Waals surface area contributed by atoms with E-state index in [1.54, 1.807) is 17.8 Å². The fourth-order valence-electron chi connectivity index (χ4n) is 3.43. The molecule has 1 amide bonds. The molecule has 2 aromatic rings. The van der Waals surface area contributed by atoms with Crippen molar-refractivity contribution in [2.24, 2.45) is 5.92 Å². The number of benzene rings is 2. The van der Waals surface area contributed by atoms with Gasteiger partial charge in [-0.2, -0.15) is 0 Å². The van der Waals surface area contributed by atoms with E-state index in [1.807, 2.05) is 12.1 Å². The fourth-order valence-corrected chi connectivity index (χ4v) is 4.66. The molecule has 1 N–H and O–H groups in total. The number of nitrogens with zero attached hydrogens (tertiary/aromatic N) is 1. The van der Waals surface area contributed by atoms with E-state index in [4.69, 9.17) is 23.2 Å². The summed E-state index contributed by atoms with van der Waals surface area (Å²) in [5.74, 6) is 1.09. The lowest BCUT2D eigenvalue weighted by Crippen LogP contribution is -2.43. The zero-order chi connectivity index (χ0) is 19.9. The Bertz CT molecular complexity index is 798. The number of rotatable bonds is 7. The van der Waals surface area contributed by atoms with Crippen molar-refractivity contribution in [3.8, 4) is 0 Å². The Balaban J connectivity index is 1.42.